The molecule has 1 aromatic rings. The van der Waals surface area contributed by atoms with E-state index in [2.05, 4.69) is 34.1 Å². The molecule has 8 heteroatoms. The minimum atomic E-state index is -0.840. The van der Waals surface area contributed by atoms with Crippen LogP contribution in [0.4, 0.5) is 5.69 Å². The van der Waals surface area contributed by atoms with Crippen molar-refractivity contribution in [3.05, 3.63) is 28.8 Å². The number of unbranched alkanes of at least 4 members (excludes halogenated alkanes) is 1. The van der Waals surface area contributed by atoms with Crippen LogP contribution in [0.15, 0.2) is 18.2 Å². The molecule has 0 saturated carbocycles. The van der Waals surface area contributed by atoms with Crippen molar-refractivity contribution in [1.82, 2.24) is 10.2 Å². The highest BCUT2D eigenvalue weighted by Crippen LogP contribution is 2.23. The highest BCUT2D eigenvalue weighted by molar-refractivity contribution is 6.41. The summed E-state index contributed by atoms with van der Waals surface area (Å²) in [5.41, 5.74) is 0.398. The summed E-state index contributed by atoms with van der Waals surface area (Å²) in [7, 11) is 3.30. The molecule has 1 rings (SSSR count). The summed E-state index contributed by atoms with van der Waals surface area (Å²) in [4.78, 5) is 37.6. The molecule has 26 heavy (non-hydrogen) atoms. The second-order valence-corrected chi connectivity index (χ2v) is 6.58. The summed E-state index contributed by atoms with van der Waals surface area (Å²) in [6.45, 7) is 5.57. The number of ether oxygens (including phenoxy) is 1. The number of nitrogens with zero attached hydrogens (tertiary/aromatic N) is 1. The lowest BCUT2D eigenvalue weighted by Gasteiger charge is -2.20. The number of hydrogen-bond donors (Lipinski definition) is 2. The van der Waals surface area contributed by atoms with Crippen molar-refractivity contribution in [2.75, 3.05) is 32.6 Å². The SMILES string of the molecule is COC(=O)c1ccc(Cl)c(NC(=O)C(=O)NCCCCN(C)C(C)C)c1. The molecule has 0 fully saturated rings. The summed E-state index contributed by atoms with van der Waals surface area (Å²) in [6.07, 6.45) is 1.69. The van der Waals surface area contributed by atoms with E-state index in [1.165, 1.54) is 25.3 Å². The Hall–Kier alpha value is -2.12. The average Bonchev–Trinajstić information content (AvgIpc) is 2.61. The molecule has 0 atom stereocenters. The van der Waals surface area contributed by atoms with Crippen LogP contribution < -0.4 is 10.6 Å². The molecule has 0 aliphatic carbocycles. The summed E-state index contributed by atoms with van der Waals surface area (Å²) >= 11 is 5.99. The summed E-state index contributed by atoms with van der Waals surface area (Å²) in [6, 6.07) is 4.76. The number of carbonyl (C=O) groups excluding carboxylic acids is 3. The maximum Gasteiger partial charge on any atom is 0.337 e. The number of anilines is 1. The van der Waals surface area contributed by atoms with Crippen LogP contribution in [-0.2, 0) is 14.3 Å². The zero-order valence-electron chi connectivity index (χ0n) is 15.6. The first kappa shape index (κ1) is 21.9. The molecule has 0 heterocycles. The van der Waals surface area contributed by atoms with Gasteiger partial charge in [-0.2, -0.15) is 0 Å². The van der Waals surface area contributed by atoms with E-state index in [0.29, 0.717) is 12.6 Å². The second-order valence-electron chi connectivity index (χ2n) is 6.18. The van der Waals surface area contributed by atoms with E-state index >= 15 is 0 Å². The fourth-order valence-corrected chi connectivity index (χ4v) is 2.24. The highest BCUT2D eigenvalue weighted by atomic mass is 35.5. The van der Waals surface area contributed by atoms with Gasteiger partial charge >= 0.3 is 17.8 Å². The van der Waals surface area contributed by atoms with E-state index in [1.54, 1.807) is 0 Å². The van der Waals surface area contributed by atoms with Gasteiger partial charge in [0.15, 0.2) is 0 Å². The maximum absolute atomic E-state index is 12.0. The first-order valence-corrected chi connectivity index (χ1v) is 8.81. The minimum absolute atomic E-state index is 0.174. The Morgan fingerprint density at radius 2 is 1.88 bits per heavy atom. The van der Waals surface area contributed by atoms with Gasteiger partial charge in [0.1, 0.15) is 0 Å². The van der Waals surface area contributed by atoms with E-state index in [-0.39, 0.29) is 16.3 Å². The van der Waals surface area contributed by atoms with Gasteiger partial charge in [0, 0.05) is 12.6 Å². The van der Waals surface area contributed by atoms with Crippen molar-refractivity contribution in [1.29, 1.82) is 0 Å². The number of rotatable bonds is 8. The Balaban J connectivity index is 2.47. The van der Waals surface area contributed by atoms with E-state index in [1.807, 2.05) is 7.05 Å². The largest absolute Gasteiger partial charge is 0.465 e. The van der Waals surface area contributed by atoms with Crippen LogP contribution >= 0.6 is 11.6 Å². The van der Waals surface area contributed by atoms with Crippen LogP contribution in [0.2, 0.25) is 5.02 Å². The Morgan fingerprint density at radius 3 is 2.50 bits per heavy atom. The molecule has 144 valence electrons. The van der Waals surface area contributed by atoms with Crippen LogP contribution in [0, 0.1) is 0 Å². The number of benzene rings is 1. The monoisotopic (exact) mass is 383 g/mol. The predicted octanol–water partition coefficient (Wildman–Crippen LogP) is 2.30. The van der Waals surface area contributed by atoms with Crippen molar-refractivity contribution >= 4 is 35.1 Å². The lowest BCUT2D eigenvalue weighted by Crippen LogP contribution is -2.36. The van der Waals surface area contributed by atoms with Crippen molar-refractivity contribution < 1.29 is 19.1 Å². The topological polar surface area (TPSA) is 87.7 Å². The molecule has 2 amide bonds. The molecule has 1 aromatic carbocycles. The van der Waals surface area contributed by atoms with E-state index in [4.69, 9.17) is 11.6 Å². The van der Waals surface area contributed by atoms with Gasteiger partial charge in [0.05, 0.1) is 23.4 Å². The average molecular weight is 384 g/mol. The molecule has 0 aliphatic rings. The summed E-state index contributed by atoms with van der Waals surface area (Å²) < 4.78 is 4.61. The van der Waals surface area contributed by atoms with E-state index in [0.717, 1.165) is 19.4 Å². The van der Waals surface area contributed by atoms with Crippen LogP contribution in [0.3, 0.4) is 0 Å². The Kier molecular flexibility index (Phi) is 9.09. The van der Waals surface area contributed by atoms with Gasteiger partial charge in [-0.1, -0.05) is 11.6 Å². The Bertz CT molecular complexity index is 649. The fourth-order valence-electron chi connectivity index (χ4n) is 2.07. The molecule has 0 spiro atoms. The minimum Gasteiger partial charge on any atom is -0.465 e. The fraction of sp³-hybridized carbons (Fsp3) is 0.500. The number of nitrogens with one attached hydrogen (secondary N) is 2. The van der Waals surface area contributed by atoms with Crippen LogP contribution in [-0.4, -0.2) is 56.0 Å². The first-order chi connectivity index (χ1) is 12.3. The normalized spacial score (nSPS) is 10.7. The van der Waals surface area contributed by atoms with Crippen LogP contribution in [0.25, 0.3) is 0 Å². The molecular weight excluding hydrogens is 358 g/mol. The van der Waals surface area contributed by atoms with Gasteiger partial charge in [0.2, 0.25) is 0 Å². The molecule has 0 saturated heterocycles. The molecule has 7 nitrogen and oxygen atoms in total. The number of carbonyl (C=O) groups is 3. The third kappa shape index (κ3) is 7.01. The Morgan fingerprint density at radius 1 is 1.19 bits per heavy atom. The smallest absolute Gasteiger partial charge is 0.337 e. The number of amides is 2. The standard InChI is InChI=1S/C18H26ClN3O4/c1-12(2)22(3)10-6-5-9-20-16(23)17(24)21-15-11-13(18(25)26-4)7-8-14(15)19/h7-8,11-12H,5-6,9-10H2,1-4H3,(H,20,23)(H,21,24). The number of methoxy groups -OCH3 is 1. The van der Waals surface area contributed by atoms with Crippen molar-refractivity contribution in [2.45, 2.75) is 32.7 Å². The van der Waals surface area contributed by atoms with Crippen molar-refractivity contribution in [3.63, 3.8) is 0 Å². The summed E-state index contributed by atoms with van der Waals surface area (Å²) in [5, 5.41) is 5.19. The summed E-state index contributed by atoms with van der Waals surface area (Å²) in [5.74, 6) is -2.15. The first-order valence-electron chi connectivity index (χ1n) is 8.43. The van der Waals surface area contributed by atoms with Gasteiger partial charge in [-0.05, 0) is 58.5 Å². The predicted molar refractivity (Wildman–Crippen MR) is 101 cm³/mol. The zero-order valence-corrected chi connectivity index (χ0v) is 16.4. The number of halogens is 1. The van der Waals surface area contributed by atoms with E-state index in [9.17, 15) is 14.4 Å². The van der Waals surface area contributed by atoms with Gasteiger partial charge in [0.25, 0.3) is 0 Å². The lowest BCUT2D eigenvalue weighted by atomic mass is 10.2. The van der Waals surface area contributed by atoms with Crippen LogP contribution in [0.1, 0.15) is 37.0 Å². The molecular formula is C18H26ClN3O4. The third-order valence-electron chi connectivity index (χ3n) is 3.95. The van der Waals surface area contributed by atoms with Crippen molar-refractivity contribution in [3.8, 4) is 0 Å². The number of esters is 1. The molecule has 0 aromatic heterocycles. The Labute approximate surface area is 159 Å². The molecule has 0 unspecified atom stereocenters. The van der Waals surface area contributed by atoms with Gasteiger partial charge in [-0.15, -0.1) is 0 Å². The highest BCUT2D eigenvalue weighted by Gasteiger charge is 2.16. The van der Waals surface area contributed by atoms with Crippen molar-refractivity contribution in [2.24, 2.45) is 0 Å². The zero-order chi connectivity index (χ0) is 19.7. The van der Waals surface area contributed by atoms with E-state index < -0.39 is 17.8 Å². The lowest BCUT2D eigenvalue weighted by molar-refractivity contribution is -0.136. The molecule has 0 aliphatic heterocycles. The maximum atomic E-state index is 12.0. The van der Waals surface area contributed by atoms with Gasteiger partial charge < -0.3 is 20.3 Å². The number of hydrogen-bond acceptors (Lipinski definition) is 5. The molecule has 0 radical (unpaired) electrons. The van der Waals surface area contributed by atoms with Gasteiger partial charge in [-0.3, -0.25) is 9.59 Å². The van der Waals surface area contributed by atoms with Crippen LogP contribution in [0.5, 0.6) is 0 Å². The second kappa shape index (κ2) is 10.8. The van der Waals surface area contributed by atoms with Gasteiger partial charge in [-0.25, -0.2) is 4.79 Å². The third-order valence-corrected chi connectivity index (χ3v) is 4.28. The molecule has 2 N–H and O–H groups in total. The molecule has 0 bridgehead atoms. The quantitative estimate of drug-likeness (QED) is 0.408.